The zero-order valence-electron chi connectivity index (χ0n) is 9.40. The molecule has 0 saturated carbocycles. The summed E-state index contributed by atoms with van der Waals surface area (Å²) in [6.45, 7) is 0.825. The molecule has 0 aliphatic carbocycles. The molecule has 1 aromatic carbocycles. The quantitative estimate of drug-likeness (QED) is 0.696. The Balaban J connectivity index is 2.23. The van der Waals surface area contributed by atoms with E-state index in [-0.39, 0.29) is 18.2 Å². The van der Waals surface area contributed by atoms with Crippen molar-refractivity contribution in [3.05, 3.63) is 29.8 Å². The summed E-state index contributed by atoms with van der Waals surface area (Å²) in [5.41, 5.74) is 6.92. The van der Waals surface area contributed by atoms with Crippen molar-refractivity contribution in [2.24, 2.45) is 5.73 Å². The van der Waals surface area contributed by atoms with Gasteiger partial charge >= 0.3 is 0 Å². The molecule has 5 nitrogen and oxygen atoms in total. The molecule has 0 aromatic heterocycles. The number of nitrogens with one attached hydrogen (secondary N) is 2. The number of para-hydroxylation sites is 1. The van der Waals surface area contributed by atoms with E-state index in [9.17, 15) is 9.59 Å². The highest BCUT2D eigenvalue weighted by Gasteiger charge is 2.29. The van der Waals surface area contributed by atoms with Crippen LogP contribution >= 0.6 is 0 Å². The number of benzene rings is 1. The van der Waals surface area contributed by atoms with E-state index in [1.807, 2.05) is 18.2 Å². The first-order chi connectivity index (χ1) is 8.22. The van der Waals surface area contributed by atoms with Gasteiger partial charge in [-0.3, -0.25) is 9.59 Å². The molecule has 1 aliphatic heterocycles. The van der Waals surface area contributed by atoms with Crippen molar-refractivity contribution in [2.45, 2.75) is 12.3 Å². The summed E-state index contributed by atoms with van der Waals surface area (Å²) >= 11 is 0. The number of rotatable bonds is 3. The average molecular weight is 233 g/mol. The average Bonchev–Trinajstić information content (AvgIpc) is 2.34. The molecule has 0 radical (unpaired) electrons. The number of anilines is 1. The molecule has 1 aromatic rings. The van der Waals surface area contributed by atoms with Gasteiger partial charge < -0.3 is 16.4 Å². The van der Waals surface area contributed by atoms with Gasteiger partial charge in [-0.1, -0.05) is 18.2 Å². The van der Waals surface area contributed by atoms with E-state index < -0.39 is 5.92 Å². The van der Waals surface area contributed by atoms with Crippen molar-refractivity contribution in [3.63, 3.8) is 0 Å². The largest absolute Gasteiger partial charge is 0.354 e. The molecule has 1 aliphatic rings. The predicted molar refractivity (Wildman–Crippen MR) is 64.5 cm³/mol. The van der Waals surface area contributed by atoms with Crippen LogP contribution in [-0.2, 0) is 9.59 Å². The van der Waals surface area contributed by atoms with Crippen LogP contribution in [0, 0.1) is 0 Å². The zero-order valence-corrected chi connectivity index (χ0v) is 9.40. The van der Waals surface area contributed by atoms with Gasteiger partial charge in [-0.15, -0.1) is 0 Å². The maximum absolute atomic E-state index is 11.9. The third-order valence-electron chi connectivity index (χ3n) is 2.76. The number of hydrogen-bond donors (Lipinski definition) is 3. The lowest BCUT2D eigenvalue weighted by Crippen LogP contribution is -2.37. The van der Waals surface area contributed by atoms with Crippen LogP contribution in [0.1, 0.15) is 17.9 Å². The van der Waals surface area contributed by atoms with Gasteiger partial charge in [0.1, 0.15) is 0 Å². The van der Waals surface area contributed by atoms with Gasteiger partial charge in [0.25, 0.3) is 0 Å². The van der Waals surface area contributed by atoms with Crippen molar-refractivity contribution in [3.8, 4) is 0 Å². The van der Waals surface area contributed by atoms with Gasteiger partial charge in [0.15, 0.2) is 0 Å². The fourth-order valence-electron chi connectivity index (χ4n) is 1.96. The number of carbonyl (C=O) groups is 2. The van der Waals surface area contributed by atoms with E-state index >= 15 is 0 Å². The summed E-state index contributed by atoms with van der Waals surface area (Å²) in [6.07, 6.45) is 0.188. The number of carbonyl (C=O) groups excluding carboxylic acids is 2. The van der Waals surface area contributed by atoms with Gasteiger partial charge in [-0.2, -0.15) is 0 Å². The lowest BCUT2D eigenvalue weighted by Gasteiger charge is -2.24. The van der Waals surface area contributed by atoms with Crippen LogP contribution in [0.15, 0.2) is 24.3 Å². The minimum Gasteiger partial charge on any atom is -0.354 e. The molecular formula is C12H15N3O2. The van der Waals surface area contributed by atoms with E-state index in [1.165, 1.54) is 0 Å². The maximum atomic E-state index is 11.9. The molecule has 90 valence electrons. The Labute approximate surface area is 99.4 Å². The minimum absolute atomic E-state index is 0.128. The van der Waals surface area contributed by atoms with E-state index in [0.29, 0.717) is 13.1 Å². The standard InChI is InChI=1S/C12H15N3O2/c13-5-6-14-12(17)9-7-11(16)15-10-4-2-1-3-8(9)10/h1-4,9H,5-7,13H2,(H,14,17)(H,15,16). The number of nitrogens with two attached hydrogens (primary N) is 1. The molecule has 1 heterocycles. The molecule has 1 unspecified atom stereocenters. The summed E-state index contributed by atoms with van der Waals surface area (Å²) in [5, 5.41) is 5.48. The van der Waals surface area contributed by atoms with E-state index in [1.54, 1.807) is 6.07 Å². The molecule has 0 bridgehead atoms. The number of amides is 2. The third kappa shape index (κ3) is 2.45. The Morgan fingerprint density at radius 1 is 1.47 bits per heavy atom. The molecule has 17 heavy (non-hydrogen) atoms. The van der Waals surface area contributed by atoms with Crippen LogP contribution in [0.5, 0.6) is 0 Å². The van der Waals surface area contributed by atoms with Crippen molar-refractivity contribution in [2.75, 3.05) is 18.4 Å². The van der Waals surface area contributed by atoms with Crippen LogP contribution in [0.4, 0.5) is 5.69 Å². The maximum Gasteiger partial charge on any atom is 0.228 e. The monoisotopic (exact) mass is 233 g/mol. The van der Waals surface area contributed by atoms with Crippen molar-refractivity contribution >= 4 is 17.5 Å². The summed E-state index contributed by atoms with van der Waals surface area (Å²) in [5.74, 6) is -0.680. The predicted octanol–water partition coefficient (Wildman–Crippen LogP) is 0.187. The Morgan fingerprint density at radius 2 is 2.24 bits per heavy atom. The zero-order chi connectivity index (χ0) is 12.3. The molecule has 2 amide bonds. The third-order valence-corrected chi connectivity index (χ3v) is 2.76. The second kappa shape index (κ2) is 4.97. The summed E-state index contributed by atoms with van der Waals surface area (Å²) in [6, 6.07) is 7.36. The molecule has 1 atom stereocenters. The minimum atomic E-state index is -0.411. The van der Waals surface area contributed by atoms with Crippen LogP contribution in [0.3, 0.4) is 0 Å². The molecule has 2 rings (SSSR count). The number of fused-ring (bicyclic) bond motifs is 1. The smallest absolute Gasteiger partial charge is 0.228 e. The van der Waals surface area contributed by atoms with E-state index in [4.69, 9.17) is 5.73 Å². The Hall–Kier alpha value is -1.88. The van der Waals surface area contributed by atoms with Gasteiger partial charge in [0, 0.05) is 25.2 Å². The first kappa shape index (κ1) is 11.6. The molecule has 5 heteroatoms. The van der Waals surface area contributed by atoms with Crippen LogP contribution in [0.2, 0.25) is 0 Å². The van der Waals surface area contributed by atoms with Crippen molar-refractivity contribution < 1.29 is 9.59 Å². The summed E-state index contributed by atoms with van der Waals surface area (Å²) < 4.78 is 0. The van der Waals surface area contributed by atoms with Crippen molar-refractivity contribution in [1.82, 2.24) is 5.32 Å². The second-order valence-corrected chi connectivity index (χ2v) is 3.97. The first-order valence-electron chi connectivity index (χ1n) is 5.59. The van der Waals surface area contributed by atoms with Gasteiger partial charge in [-0.05, 0) is 11.6 Å². The molecule has 0 fully saturated rings. The van der Waals surface area contributed by atoms with Gasteiger partial charge in [0.05, 0.1) is 5.92 Å². The van der Waals surface area contributed by atoms with Gasteiger partial charge in [-0.25, -0.2) is 0 Å². The Bertz CT molecular complexity index is 445. The normalized spacial score (nSPS) is 18.2. The van der Waals surface area contributed by atoms with Gasteiger partial charge in [0.2, 0.25) is 11.8 Å². The van der Waals surface area contributed by atoms with Crippen LogP contribution in [-0.4, -0.2) is 24.9 Å². The van der Waals surface area contributed by atoms with E-state index in [2.05, 4.69) is 10.6 Å². The molecule has 0 spiro atoms. The Morgan fingerprint density at radius 3 is 3.00 bits per heavy atom. The topological polar surface area (TPSA) is 84.2 Å². The fourth-order valence-corrected chi connectivity index (χ4v) is 1.96. The van der Waals surface area contributed by atoms with E-state index in [0.717, 1.165) is 11.3 Å². The highest BCUT2D eigenvalue weighted by atomic mass is 16.2. The highest BCUT2D eigenvalue weighted by molar-refractivity contribution is 6.01. The van der Waals surface area contributed by atoms with Crippen LogP contribution in [0.25, 0.3) is 0 Å². The second-order valence-electron chi connectivity index (χ2n) is 3.97. The lowest BCUT2D eigenvalue weighted by atomic mass is 9.90. The van der Waals surface area contributed by atoms with Crippen molar-refractivity contribution in [1.29, 1.82) is 0 Å². The summed E-state index contributed by atoms with van der Waals surface area (Å²) in [7, 11) is 0. The van der Waals surface area contributed by atoms with Crippen LogP contribution < -0.4 is 16.4 Å². The highest BCUT2D eigenvalue weighted by Crippen LogP contribution is 2.31. The first-order valence-corrected chi connectivity index (χ1v) is 5.59. The SMILES string of the molecule is NCCNC(=O)C1CC(=O)Nc2ccccc21. The molecule has 4 N–H and O–H groups in total. The molecule has 0 saturated heterocycles. The summed E-state index contributed by atoms with van der Waals surface area (Å²) in [4.78, 5) is 23.4. The lowest BCUT2D eigenvalue weighted by molar-refractivity contribution is -0.126. The Kier molecular flexibility index (Phi) is 3.39. The number of hydrogen-bond acceptors (Lipinski definition) is 3. The molecular weight excluding hydrogens is 218 g/mol. The fraction of sp³-hybridized carbons (Fsp3) is 0.333.